The fraction of sp³-hybridized carbons (Fsp3) is 0.600. The normalized spacial score (nSPS) is 36.3. The van der Waals surface area contributed by atoms with E-state index in [0.29, 0.717) is 0 Å². The summed E-state index contributed by atoms with van der Waals surface area (Å²) < 4.78 is 5.52. The third kappa shape index (κ3) is 1.39. The fourth-order valence-electron chi connectivity index (χ4n) is 2.92. The third-order valence-electron chi connectivity index (χ3n) is 3.64. The molecule has 0 aromatic carbocycles. The minimum absolute atomic E-state index is 0.293. The first-order chi connectivity index (χ1) is 6.27. The first-order valence-corrected chi connectivity index (χ1v) is 7.21. The lowest BCUT2D eigenvalue weighted by atomic mass is 9.94. The second-order valence-electron chi connectivity index (χ2n) is 4.19. The molecule has 2 atom stereocenters. The molecule has 0 heterocycles. The lowest BCUT2D eigenvalue weighted by molar-refractivity contribution is 0.636. The third-order valence-corrected chi connectivity index (χ3v) is 6.24. The van der Waals surface area contributed by atoms with Gasteiger partial charge in [-0.3, -0.25) is 0 Å². The van der Waals surface area contributed by atoms with Crippen molar-refractivity contribution in [1.29, 1.82) is 0 Å². The van der Waals surface area contributed by atoms with E-state index in [0.717, 1.165) is 22.3 Å². The van der Waals surface area contributed by atoms with Crippen molar-refractivity contribution >= 4 is 20.2 Å². The SMILES string of the molecule is CC=C1CC2CC1C(C)=C2[SiH2]O[SiH3]. The summed E-state index contributed by atoms with van der Waals surface area (Å²) in [4.78, 5) is 0. The molecule has 1 fully saturated rings. The Balaban J connectivity index is 2.24. The predicted molar refractivity (Wildman–Crippen MR) is 62.2 cm³/mol. The Kier molecular flexibility index (Phi) is 2.58. The van der Waals surface area contributed by atoms with Gasteiger partial charge in [-0.1, -0.05) is 22.4 Å². The van der Waals surface area contributed by atoms with Gasteiger partial charge in [0.1, 0.15) is 10.5 Å². The topological polar surface area (TPSA) is 9.23 Å². The Labute approximate surface area is 85.7 Å². The molecule has 2 unspecified atom stereocenters. The second-order valence-corrected chi connectivity index (χ2v) is 7.55. The summed E-state index contributed by atoms with van der Waals surface area (Å²) in [6.07, 6.45) is 5.07. The average Bonchev–Trinajstić information content (AvgIpc) is 2.66. The second kappa shape index (κ2) is 3.55. The molecule has 0 aromatic rings. The largest absolute Gasteiger partial charge is 0.465 e. The van der Waals surface area contributed by atoms with Crippen LogP contribution in [0.1, 0.15) is 26.7 Å². The Morgan fingerprint density at radius 2 is 2.38 bits per heavy atom. The van der Waals surface area contributed by atoms with Crippen LogP contribution in [0.3, 0.4) is 0 Å². The van der Waals surface area contributed by atoms with E-state index in [2.05, 4.69) is 19.9 Å². The van der Waals surface area contributed by atoms with Crippen LogP contribution in [0.4, 0.5) is 0 Å². The van der Waals surface area contributed by atoms with Crippen LogP contribution >= 0.6 is 0 Å². The standard InChI is InChI=1S/C10H18OSi2/c1-3-7-4-8-5-9(7)6(2)10(8)13-11-12/h3,8-9H,4-5,13H2,1-2,12H3. The molecular weight excluding hydrogens is 192 g/mol. The van der Waals surface area contributed by atoms with Gasteiger partial charge < -0.3 is 4.12 Å². The quantitative estimate of drug-likeness (QED) is 0.480. The van der Waals surface area contributed by atoms with Crippen molar-refractivity contribution < 1.29 is 4.12 Å². The minimum Gasteiger partial charge on any atom is -0.465 e. The van der Waals surface area contributed by atoms with E-state index in [-0.39, 0.29) is 9.76 Å². The van der Waals surface area contributed by atoms with Gasteiger partial charge in [-0.05, 0) is 32.6 Å². The van der Waals surface area contributed by atoms with Gasteiger partial charge in [0.15, 0.2) is 9.76 Å². The molecule has 2 bridgehead atoms. The van der Waals surface area contributed by atoms with Crippen LogP contribution in [0.15, 0.2) is 22.4 Å². The maximum absolute atomic E-state index is 5.52. The average molecular weight is 210 g/mol. The highest BCUT2D eigenvalue weighted by molar-refractivity contribution is 6.43. The van der Waals surface area contributed by atoms with Gasteiger partial charge in [-0.15, -0.1) is 0 Å². The van der Waals surface area contributed by atoms with E-state index in [1.165, 1.54) is 12.8 Å². The van der Waals surface area contributed by atoms with E-state index in [1.54, 1.807) is 16.3 Å². The monoisotopic (exact) mass is 210 g/mol. The minimum atomic E-state index is -0.293. The Morgan fingerprint density at radius 1 is 1.62 bits per heavy atom. The van der Waals surface area contributed by atoms with Crippen molar-refractivity contribution in [1.82, 2.24) is 0 Å². The summed E-state index contributed by atoms with van der Waals surface area (Å²) in [6, 6.07) is 0. The molecular formula is C10H18OSi2. The lowest BCUT2D eigenvalue weighted by Crippen LogP contribution is -2.11. The molecule has 0 amide bonds. The summed E-state index contributed by atoms with van der Waals surface area (Å²) in [7, 11) is 0.639. The van der Waals surface area contributed by atoms with Gasteiger partial charge >= 0.3 is 0 Å². The van der Waals surface area contributed by atoms with Crippen LogP contribution in [-0.4, -0.2) is 20.2 Å². The summed E-state index contributed by atoms with van der Waals surface area (Å²) in [6.45, 7) is 4.51. The number of rotatable bonds is 2. The highest BCUT2D eigenvalue weighted by Gasteiger charge is 2.39. The van der Waals surface area contributed by atoms with E-state index in [9.17, 15) is 0 Å². The lowest BCUT2D eigenvalue weighted by Gasteiger charge is -2.19. The maximum atomic E-state index is 5.52. The summed E-state index contributed by atoms with van der Waals surface area (Å²) >= 11 is 0. The number of fused-ring (bicyclic) bond motifs is 2. The van der Waals surface area contributed by atoms with Crippen molar-refractivity contribution in [3.8, 4) is 0 Å². The van der Waals surface area contributed by atoms with Gasteiger partial charge in [0, 0.05) is 5.92 Å². The van der Waals surface area contributed by atoms with Crippen molar-refractivity contribution in [3.05, 3.63) is 22.4 Å². The van der Waals surface area contributed by atoms with Gasteiger partial charge in [0.25, 0.3) is 0 Å². The molecule has 2 rings (SSSR count). The zero-order chi connectivity index (χ0) is 9.42. The van der Waals surface area contributed by atoms with Crippen LogP contribution in [0, 0.1) is 11.8 Å². The van der Waals surface area contributed by atoms with Crippen LogP contribution in [-0.2, 0) is 4.12 Å². The van der Waals surface area contributed by atoms with Crippen molar-refractivity contribution in [3.63, 3.8) is 0 Å². The smallest absolute Gasteiger partial charge is 0.174 e. The summed E-state index contributed by atoms with van der Waals surface area (Å²) in [5.41, 5.74) is 3.36. The number of hydrogen-bond acceptors (Lipinski definition) is 1. The molecule has 2 aliphatic rings. The van der Waals surface area contributed by atoms with Crippen LogP contribution in [0.25, 0.3) is 0 Å². The Bertz CT molecular complexity index is 281. The molecule has 2 aliphatic carbocycles. The molecule has 1 nitrogen and oxygen atoms in total. The Hall–Kier alpha value is -0.126. The molecule has 0 saturated heterocycles. The van der Waals surface area contributed by atoms with E-state index >= 15 is 0 Å². The zero-order valence-corrected chi connectivity index (χ0v) is 12.2. The molecule has 0 aromatic heterocycles. The van der Waals surface area contributed by atoms with Crippen LogP contribution < -0.4 is 0 Å². The molecule has 0 N–H and O–H groups in total. The van der Waals surface area contributed by atoms with Gasteiger partial charge in [-0.2, -0.15) is 0 Å². The van der Waals surface area contributed by atoms with Crippen molar-refractivity contribution in [2.45, 2.75) is 26.7 Å². The van der Waals surface area contributed by atoms with Crippen molar-refractivity contribution in [2.75, 3.05) is 0 Å². The predicted octanol–water partition coefficient (Wildman–Crippen LogP) is 0.627. The van der Waals surface area contributed by atoms with Gasteiger partial charge in [0.05, 0.1) is 0 Å². The van der Waals surface area contributed by atoms with Crippen LogP contribution in [0.5, 0.6) is 0 Å². The van der Waals surface area contributed by atoms with E-state index in [4.69, 9.17) is 4.12 Å². The maximum Gasteiger partial charge on any atom is 0.174 e. The first kappa shape index (κ1) is 9.43. The first-order valence-electron chi connectivity index (χ1n) is 5.11. The molecule has 13 heavy (non-hydrogen) atoms. The summed E-state index contributed by atoms with van der Waals surface area (Å²) in [5.74, 6) is 1.70. The fourth-order valence-corrected chi connectivity index (χ4v) is 5.18. The number of hydrogen-bond donors (Lipinski definition) is 0. The van der Waals surface area contributed by atoms with Crippen LogP contribution in [0.2, 0.25) is 0 Å². The molecule has 3 heteroatoms. The molecule has 0 spiro atoms. The molecule has 72 valence electrons. The number of allylic oxidation sites excluding steroid dienone is 4. The zero-order valence-electron chi connectivity index (χ0n) is 8.76. The molecule has 1 saturated carbocycles. The van der Waals surface area contributed by atoms with Gasteiger partial charge in [-0.25, -0.2) is 0 Å². The Morgan fingerprint density at radius 3 is 2.92 bits per heavy atom. The van der Waals surface area contributed by atoms with Crippen molar-refractivity contribution in [2.24, 2.45) is 11.8 Å². The van der Waals surface area contributed by atoms with Gasteiger partial charge in [0.2, 0.25) is 0 Å². The highest BCUT2D eigenvalue weighted by Crippen LogP contribution is 2.50. The summed E-state index contributed by atoms with van der Waals surface area (Å²) in [5, 5.41) is 1.76. The highest BCUT2D eigenvalue weighted by atomic mass is 28.3. The molecule has 0 radical (unpaired) electrons. The van der Waals surface area contributed by atoms with E-state index in [1.807, 2.05) is 0 Å². The molecule has 0 aliphatic heterocycles. The van der Waals surface area contributed by atoms with E-state index < -0.39 is 0 Å².